The summed E-state index contributed by atoms with van der Waals surface area (Å²) in [6, 6.07) is 0.234. The van der Waals surface area contributed by atoms with Crippen LogP contribution in [0.4, 0.5) is 0 Å². The van der Waals surface area contributed by atoms with Crippen molar-refractivity contribution in [2.24, 2.45) is 15.7 Å². The van der Waals surface area contributed by atoms with Gasteiger partial charge in [-0.3, -0.25) is 0 Å². The van der Waals surface area contributed by atoms with E-state index in [2.05, 4.69) is 15.5 Å². The van der Waals surface area contributed by atoms with Crippen LogP contribution in [0.15, 0.2) is 9.98 Å². The van der Waals surface area contributed by atoms with Crippen LogP contribution in [0.3, 0.4) is 0 Å². The van der Waals surface area contributed by atoms with E-state index in [-0.39, 0.29) is 18.0 Å². The lowest BCUT2D eigenvalue weighted by molar-refractivity contribution is 0.127. The zero-order valence-corrected chi connectivity index (χ0v) is 8.77. The second-order valence-corrected chi connectivity index (χ2v) is 3.72. The van der Waals surface area contributed by atoms with E-state index in [0.29, 0.717) is 5.71 Å². The maximum absolute atomic E-state index is 8.71. The summed E-state index contributed by atoms with van der Waals surface area (Å²) in [6.45, 7) is 1.62. The smallest absolute Gasteiger partial charge is 0.215 e. The quantitative estimate of drug-likeness (QED) is 0.306. The third-order valence-corrected chi connectivity index (χ3v) is 2.29. The molecule has 0 radical (unpaired) electrons. The molecule has 6 heteroatoms. The fourth-order valence-electron chi connectivity index (χ4n) is 1.58. The minimum atomic E-state index is 0.111. The van der Waals surface area contributed by atoms with E-state index in [1.165, 1.54) is 6.21 Å². The minimum Gasteiger partial charge on any atom is -0.368 e. The third kappa shape index (κ3) is 4.18. The van der Waals surface area contributed by atoms with Crippen LogP contribution in [0.5, 0.6) is 0 Å². The highest BCUT2D eigenvalue weighted by Crippen LogP contribution is 2.21. The van der Waals surface area contributed by atoms with Crippen molar-refractivity contribution in [1.82, 2.24) is 5.48 Å². The molecule has 0 aromatic carbocycles. The van der Waals surface area contributed by atoms with Crippen LogP contribution in [-0.2, 0) is 0 Å². The first kappa shape index (κ1) is 11.8. The van der Waals surface area contributed by atoms with Crippen LogP contribution in [0.25, 0.3) is 0 Å². The number of nitrogens with two attached hydrogens (primary N) is 1. The Balaban J connectivity index is 2.46. The second kappa shape index (κ2) is 5.57. The first-order chi connectivity index (χ1) is 7.11. The summed E-state index contributed by atoms with van der Waals surface area (Å²) in [4.78, 5) is 8.03. The molecular formula is C9H17N5O. The predicted molar refractivity (Wildman–Crippen MR) is 59.9 cm³/mol. The standard InChI is InChI=1S/C9H17N5O/c1-6(10)5-12-9(11)13-7-2-3-8(4-7)14-15/h5,7-8,10,14-15H,2-4H2,1H3,(H2,11,13)/b10-6?,12-5-/t7-,8-/m0/s1. The Morgan fingerprint density at radius 1 is 1.60 bits per heavy atom. The molecule has 84 valence electrons. The van der Waals surface area contributed by atoms with Crippen LogP contribution < -0.4 is 11.2 Å². The van der Waals surface area contributed by atoms with Gasteiger partial charge in [-0.15, -0.1) is 0 Å². The topological polar surface area (TPSA) is 107 Å². The maximum atomic E-state index is 8.71. The van der Waals surface area contributed by atoms with Gasteiger partial charge in [-0.2, -0.15) is 0 Å². The lowest BCUT2D eigenvalue weighted by Gasteiger charge is -2.05. The highest BCUT2D eigenvalue weighted by atomic mass is 16.5. The molecule has 0 saturated heterocycles. The minimum absolute atomic E-state index is 0.111. The number of hydrogen-bond acceptors (Lipinski definition) is 4. The number of guanidine groups is 1. The molecule has 5 N–H and O–H groups in total. The molecule has 2 atom stereocenters. The molecule has 1 aliphatic carbocycles. The summed E-state index contributed by atoms with van der Waals surface area (Å²) in [5.41, 5.74) is 8.14. The van der Waals surface area contributed by atoms with Crippen molar-refractivity contribution < 1.29 is 5.21 Å². The van der Waals surface area contributed by atoms with Crippen LogP contribution in [-0.4, -0.2) is 35.2 Å². The first-order valence-corrected chi connectivity index (χ1v) is 4.94. The average molecular weight is 211 g/mol. The van der Waals surface area contributed by atoms with Gasteiger partial charge in [0, 0.05) is 11.8 Å². The molecule has 1 saturated carbocycles. The monoisotopic (exact) mass is 211 g/mol. The van der Waals surface area contributed by atoms with E-state index >= 15 is 0 Å². The molecule has 1 fully saturated rings. The molecule has 0 spiro atoms. The van der Waals surface area contributed by atoms with Gasteiger partial charge < -0.3 is 16.4 Å². The Morgan fingerprint density at radius 2 is 2.33 bits per heavy atom. The summed E-state index contributed by atoms with van der Waals surface area (Å²) in [6.07, 6.45) is 3.94. The van der Waals surface area contributed by atoms with Gasteiger partial charge in [0.2, 0.25) is 5.96 Å². The second-order valence-electron chi connectivity index (χ2n) is 3.72. The van der Waals surface area contributed by atoms with Crippen LogP contribution in [0.1, 0.15) is 26.2 Å². The van der Waals surface area contributed by atoms with Crippen LogP contribution in [0.2, 0.25) is 0 Å². The Labute approximate surface area is 88.8 Å². The highest BCUT2D eigenvalue weighted by molar-refractivity contribution is 6.29. The lowest BCUT2D eigenvalue weighted by atomic mass is 10.2. The molecule has 0 amide bonds. The summed E-state index contributed by atoms with van der Waals surface area (Å²) in [7, 11) is 0. The predicted octanol–water partition coefficient (Wildman–Crippen LogP) is 0.311. The van der Waals surface area contributed by atoms with Gasteiger partial charge >= 0.3 is 0 Å². The Morgan fingerprint density at radius 3 is 2.87 bits per heavy atom. The number of aliphatic imine (C=N–C) groups is 2. The third-order valence-electron chi connectivity index (χ3n) is 2.29. The van der Waals surface area contributed by atoms with Crippen molar-refractivity contribution in [3.63, 3.8) is 0 Å². The Kier molecular flexibility index (Phi) is 4.38. The number of nitrogens with one attached hydrogen (secondary N) is 2. The van der Waals surface area contributed by atoms with Crippen molar-refractivity contribution >= 4 is 17.9 Å². The van der Waals surface area contributed by atoms with Crippen LogP contribution >= 0.6 is 0 Å². The van der Waals surface area contributed by atoms with Gasteiger partial charge in [-0.1, -0.05) is 0 Å². The van der Waals surface area contributed by atoms with Gasteiger partial charge in [0.1, 0.15) is 0 Å². The van der Waals surface area contributed by atoms with Crippen molar-refractivity contribution in [2.45, 2.75) is 38.3 Å². The first-order valence-electron chi connectivity index (χ1n) is 4.94. The van der Waals surface area contributed by atoms with E-state index in [0.717, 1.165) is 19.3 Å². The molecule has 0 aliphatic heterocycles. The van der Waals surface area contributed by atoms with Gasteiger partial charge in [0.05, 0.1) is 12.3 Å². The van der Waals surface area contributed by atoms with Gasteiger partial charge in [-0.25, -0.2) is 15.5 Å². The zero-order valence-electron chi connectivity index (χ0n) is 8.77. The van der Waals surface area contributed by atoms with Crippen molar-refractivity contribution in [1.29, 1.82) is 5.41 Å². The van der Waals surface area contributed by atoms with Gasteiger partial charge in [0.25, 0.3) is 0 Å². The molecule has 15 heavy (non-hydrogen) atoms. The fraction of sp³-hybridized carbons (Fsp3) is 0.667. The number of hydroxylamine groups is 1. The normalized spacial score (nSPS) is 27.5. The molecule has 0 unspecified atom stereocenters. The largest absolute Gasteiger partial charge is 0.368 e. The summed E-state index contributed by atoms with van der Waals surface area (Å²) >= 11 is 0. The Hall–Kier alpha value is -1.27. The molecular weight excluding hydrogens is 194 g/mol. The maximum Gasteiger partial charge on any atom is 0.215 e. The number of rotatable bonds is 3. The zero-order chi connectivity index (χ0) is 11.3. The van der Waals surface area contributed by atoms with Crippen LogP contribution in [0, 0.1) is 5.41 Å². The van der Waals surface area contributed by atoms with Gasteiger partial charge in [-0.05, 0) is 26.2 Å². The van der Waals surface area contributed by atoms with E-state index in [1.807, 2.05) is 0 Å². The molecule has 0 aromatic heterocycles. The van der Waals surface area contributed by atoms with Crippen molar-refractivity contribution in [2.75, 3.05) is 0 Å². The fourth-order valence-corrected chi connectivity index (χ4v) is 1.58. The van der Waals surface area contributed by atoms with E-state index in [4.69, 9.17) is 16.4 Å². The summed E-state index contributed by atoms with van der Waals surface area (Å²) in [5, 5.41) is 15.8. The number of nitrogens with zero attached hydrogens (tertiary/aromatic N) is 2. The SMILES string of the molecule is CC(=N)/C=N\C(N)=N[C@H]1CC[C@H](NO)C1. The molecule has 0 aromatic rings. The van der Waals surface area contributed by atoms with E-state index in [9.17, 15) is 0 Å². The average Bonchev–Trinajstić information content (AvgIpc) is 2.62. The molecule has 1 aliphatic rings. The van der Waals surface area contributed by atoms with E-state index in [1.54, 1.807) is 6.92 Å². The molecule has 0 bridgehead atoms. The number of hydrogen-bond donors (Lipinski definition) is 4. The van der Waals surface area contributed by atoms with Gasteiger partial charge in [0.15, 0.2) is 0 Å². The Bertz CT molecular complexity index is 286. The molecule has 0 heterocycles. The van der Waals surface area contributed by atoms with Crippen molar-refractivity contribution in [3.05, 3.63) is 0 Å². The summed E-state index contributed by atoms with van der Waals surface area (Å²) < 4.78 is 0. The van der Waals surface area contributed by atoms with E-state index < -0.39 is 0 Å². The van der Waals surface area contributed by atoms with Crippen molar-refractivity contribution in [3.8, 4) is 0 Å². The lowest BCUT2D eigenvalue weighted by Crippen LogP contribution is -2.23. The summed E-state index contributed by atoms with van der Waals surface area (Å²) in [5.74, 6) is 0.199. The molecule has 6 nitrogen and oxygen atoms in total. The highest BCUT2D eigenvalue weighted by Gasteiger charge is 2.23. The molecule has 1 rings (SSSR count).